The van der Waals surface area contributed by atoms with Crippen LogP contribution in [0.2, 0.25) is 5.02 Å². The van der Waals surface area contributed by atoms with Gasteiger partial charge in [0, 0.05) is 11.8 Å². The highest BCUT2D eigenvalue weighted by Crippen LogP contribution is 2.17. The van der Waals surface area contributed by atoms with Crippen LogP contribution in [-0.4, -0.2) is 14.6 Å². The van der Waals surface area contributed by atoms with E-state index in [4.69, 9.17) is 11.6 Å². The number of hydrogen-bond acceptors (Lipinski definition) is 2. The van der Waals surface area contributed by atoms with E-state index in [1.165, 1.54) is 10.6 Å². The smallest absolute Gasteiger partial charge is 0.272 e. The second kappa shape index (κ2) is 2.60. The molecule has 2 heterocycles. The summed E-state index contributed by atoms with van der Waals surface area (Å²) in [5.41, 5.74) is 1.77. The van der Waals surface area contributed by atoms with E-state index < -0.39 is 0 Å². The standard InChI is InChI=1S/C8H8ClN3O/c1-4-3-6(13)12-8(10-4)7(9)5(2)11-12/h3,11H,1-2H3. The SMILES string of the molecule is Cc1cc(=O)n2[nH]c(C)c(Cl)c2n1. The van der Waals surface area contributed by atoms with E-state index in [1.807, 2.05) is 0 Å². The minimum absolute atomic E-state index is 0.141. The third kappa shape index (κ3) is 1.14. The monoisotopic (exact) mass is 197 g/mol. The average Bonchev–Trinajstić information content (AvgIpc) is 2.32. The summed E-state index contributed by atoms with van der Waals surface area (Å²) in [6, 6.07) is 1.46. The Labute approximate surface area is 79.2 Å². The molecule has 0 unspecified atom stereocenters. The van der Waals surface area contributed by atoms with Crippen LogP contribution in [0.25, 0.3) is 5.65 Å². The number of nitrogens with zero attached hydrogens (tertiary/aromatic N) is 2. The van der Waals surface area contributed by atoms with Gasteiger partial charge in [0.1, 0.15) is 5.02 Å². The zero-order chi connectivity index (χ0) is 9.59. The molecule has 0 aromatic carbocycles. The molecule has 5 heteroatoms. The highest BCUT2D eigenvalue weighted by molar-refractivity contribution is 6.34. The Kier molecular flexibility index (Phi) is 1.66. The third-order valence-corrected chi connectivity index (χ3v) is 2.30. The van der Waals surface area contributed by atoms with E-state index in [-0.39, 0.29) is 5.56 Å². The van der Waals surface area contributed by atoms with E-state index in [1.54, 1.807) is 13.8 Å². The van der Waals surface area contributed by atoms with Crippen molar-refractivity contribution in [3.63, 3.8) is 0 Å². The maximum Gasteiger partial charge on any atom is 0.272 e. The molecule has 0 radical (unpaired) electrons. The number of aromatic amines is 1. The van der Waals surface area contributed by atoms with Gasteiger partial charge < -0.3 is 0 Å². The topological polar surface area (TPSA) is 50.2 Å². The number of hydrogen-bond donors (Lipinski definition) is 1. The zero-order valence-corrected chi connectivity index (χ0v) is 8.01. The van der Waals surface area contributed by atoms with Crippen LogP contribution in [0.15, 0.2) is 10.9 Å². The summed E-state index contributed by atoms with van der Waals surface area (Å²) in [7, 11) is 0. The van der Waals surface area contributed by atoms with Crippen molar-refractivity contribution in [2.75, 3.05) is 0 Å². The number of nitrogens with one attached hydrogen (secondary N) is 1. The quantitative estimate of drug-likeness (QED) is 0.692. The summed E-state index contributed by atoms with van der Waals surface area (Å²) in [6.07, 6.45) is 0. The first-order valence-corrected chi connectivity index (χ1v) is 4.22. The van der Waals surface area contributed by atoms with Crippen LogP contribution >= 0.6 is 11.6 Å². The van der Waals surface area contributed by atoms with Crippen LogP contribution in [0.5, 0.6) is 0 Å². The Morgan fingerprint density at radius 1 is 1.54 bits per heavy atom. The van der Waals surface area contributed by atoms with Gasteiger partial charge in [0.25, 0.3) is 5.56 Å². The summed E-state index contributed by atoms with van der Waals surface area (Å²) in [5, 5.41) is 3.33. The molecule has 0 atom stereocenters. The molecule has 0 aliphatic heterocycles. The first kappa shape index (κ1) is 8.31. The van der Waals surface area contributed by atoms with Gasteiger partial charge in [0.15, 0.2) is 5.65 Å². The minimum atomic E-state index is -0.141. The molecular weight excluding hydrogens is 190 g/mol. The van der Waals surface area contributed by atoms with Gasteiger partial charge in [-0.1, -0.05) is 11.6 Å². The number of fused-ring (bicyclic) bond motifs is 1. The van der Waals surface area contributed by atoms with E-state index >= 15 is 0 Å². The predicted molar refractivity (Wildman–Crippen MR) is 50.3 cm³/mol. The second-order valence-electron chi connectivity index (χ2n) is 2.95. The van der Waals surface area contributed by atoms with Crippen molar-refractivity contribution in [1.29, 1.82) is 0 Å². The lowest BCUT2D eigenvalue weighted by molar-refractivity contribution is 0.873. The molecule has 0 aliphatic rings. The van der Waals surface area contributed by atoms with Crippen LogP contribution in [0.4, 0.5) is 0 Å². The van der Waals surface area contributed by atoms with E-state index in [2.05, 4.69) is 10.1 Å². The fourth-order valence-corrected chi connectivity index (χ4v) is 1.41. The van der Waals surface area contributed by atoms with Crippen LogP contribution in [0, 0.1) is 13.8 Å². The molecule has 0 aliphatic carbocycles. The molecule has 68 valence electrons. The molecule has 13 heavy (non-hydrogen) atoms. The average molecular weight is 198 g/mol. The Morgan fingerprint density at radius 2 is 2.23 bits per heavy atom. The van der Waals surface area contributed by atoms with E-state index in [0.29, 0.717) is 16.4 Å². The van der Waals surface area contributed by atoms with E-state index in [0.717, 1.165) is 5.69 Å². The fourth-order valence-electron chi connectivity index (χ4n) is 1.24. The lowest BCUT2D eigenvalue weighted by Gasteiger charge is -1.93. The lowest BCUT2D eigenvalue weighted by atomic mass is 10.4. The molecule has 2 aromatic rings. The number of halogens is 1. The van der Waals surface area contributed by atoms with Gasteiger partial charge in [-0.3, -0.25) is 9.89 Å². The van der Waals surface area contributed by atoms with Gasteiger partial charge in [-0.2, -0.15) is 4.52 Å². The molecule has 2 rings (SSSR count). The molecule has 0 bridgehead atoms. The Bertz CT molecular complexity index is 526. The van der Waals surface area contributed by atoms with Crippen LogP contribution < -0.4 is 5.56 Å². The van der Waals surface area contributed by atoms with Gasteiger partial charge in [-0.25, -0.2) is 4.98 Å². The summed E-state index contributed by atoms with van der Waals surface area (Å²) < 4.78 is 1.34. The fraction of sp³-hybridized carbons (Fsp3) is 0.250. The van der Waals surface area contributed by atoms with Crippen molar-refractivity contribution >= 4 is 17.2 Å². The third-order valence-electron chi connectivity index (χ3n) is 1.85. The molecule has 4 nitrogen and oxygen atoms in total. The van der Waals surface area contributed by atoms with Gasteiger partial charge in [0.2, 0.25) is 0 Å². The summed E-state index contributed by atoms with van der Waals surface area (Å²) in [5.74, 6) is 0. The highest BCUT2D eigenvalue weighted by atomic mass is 35.5. The second-order valence-corrected chi connectivity index (χ2v) is 3.32. The Morgan fingerprint density at radius 3 is 2.92 bits per heavy atom. The number of H-pyrrole nitrogens is 1. The van der Waals surface area contributed by atoms with Gasteiger partial charge in [0.05, 0.1) is 5.69 Å². The Balaban J connectivity index is 3.03. The van der Waals surface area contributed by atoms with Crippen molar-refractivity contribution < 1.29 is 0 Å². The van der Waals surface area contributed by atoms with Crippen molar-refractivity contribution in [2.24, 2.45) is 0 Å². The number of rotatable bonds is 0. The van der Waals surface area contributed by atoms with Crippen LogP contribution in [0.1, 0.15) is 11.4 Å². The molecule has 2 aromatic heterocycles. The first-order valence-electron chi connectivity index (χ1n) is 3.84. The molecule has 0 amide bonds. The largest absolute Gasteiger partial charge is 0.292 e. The van der Waals surface area contributed by atoms with Crippen molar-refractivity contribution in [3.05, 3.63) is 32.8 Å². The molecule has 0 fully saturated rings. The highest BCUT2D eigenvalue weighted by Gasteiger charge is 2.08. The maximum absolute atomic E-state index is 11.4. The van der Waals surface area contributed by atoms with Crippen molar-refractivity contribution in [1.82, 2.24) is 14.6 Å². The van der Waals surface area contributed by atoms with Crippen LogP contribution in [-0.2, 0) is 0 Å². The first-order chi connectivity index (χ1) is 6.09. The summed E-state index contributed by atoms with van der Waals surface area (Å²) >= 11 is 5.93. The Hall–Kier alpha value is -1.29. The van der Waals surface area contributed by atoms with Crippen molar-refractivity contribution in [2.45, 2.75) is 13.8 Å². The predicted octanol–water partition coefficient (Wildman–Crippen LogP) is 1.29. The van der Waals surface area contributed by atoms with Crippen molar-refractivity contribution in [3.8, 4) is 0 Å². The molecule has 0 saturated heterocycles. The summed E-state index contributed by atoms with van der Waals surface area (Å²) in [4.78, 5) is 15.6. The number of aryl methyl sites for hydroxylation is 2. The molecule has 1 N–H and O–H groups in total. The molecule has 0 spiro atoms. The normalized spacial score (nSPS) is 11.0. The van der Waals surface area contributed by atoms with Crippen LogP contribution in [0.3, 0.4) is 0 Å². The zero-order valence-electron chi connectivity index (χ0n) is 7.26. The van der Waals surface area contributed by atoms with Gasteiger partial charge in [-0.05, 0) is 13.8 Å². The molecule has 0 saturated carbocycles. The van der Waals surface area contributed by atoms with Gasteiger partial charge in [-0.15, -0.1) is 0 Å². The molecular formula is C8H8ClN3O. The summed E-state index contributed by atoms with van der Waals surface area (Å²) in [6.45, 7) is 3.56. The maximum atomic E-state index is 11.4. The van der Waals surface area contributed by atoms with E-state index in [9.17, 15) is 4.79 Å². The minimum Gasteiger partial charge on any atom is -0.292 e. The number of aromatic nitrogens is 3. The van der Waals surface area contributed by atoms with Gasteiger partial charge >= 0.3 is 0 Å². The lowest BCUT2D eigenvalue weighted by Crippen LogP contribution is -2.14.